The third kappa shape index (κ3) is 6.36. The van der Waals surface area contributed by atoms with Crippen LogP contribution in [-0.4, -0.2) is 23.2 Å². The summed E-state index contributed by atoms with van der Waals surface area (Å²) in [4.78, 5) is 19.8. The Hall–Kier alpha value is -0.810. The van der Waals surface area contributed by atoms with E-state index in [2.05, 4.69) is 4.74 Å². The first-order chi connectivity index (χ1) is 5.87. The van der Waals surface area contributed by atoms with Gasteiger partial charge in [0.15, 0.2) is 0 Å². The number of carbonyl (C=O) groups is 1. The third-order valence-electron chi connectivity index (χ3n) is 1.32. The maximum atomic E-state index is 10.2. The van der Waals surface area contributed by atoms with E-state index < -0.39 is 11.9 Å². The van der Waals surface area contributed by atoms with Gasteiger partial charge in [-0.05, 0) is 13.3 Å². The lowest BCUT2D eigenvalue weighted by molar-refractivity contribution is -0.422. The molecule has 5 heteroatoms. The van der Waals surface area contributed by atoms with Crippen molar-refractivity contribution in [2.24, 2.45) is 0 Å². The molecule has 0 aromatic heterocycles. The van der Waals surface area contributed by atoms with Gasteiger partial charge in [-0.25, -0.2) is 9.68 Å². The topological polar surface area (TPSA) is 65.0 Å². The normalized spacial score (nSPS) is 13.8. The van der Waals surface area contributed by atoms with Crippen LogP contribution in [0.3, 0.4) is 0 Å². The average Bonchev–Trinajstić information content (AvgIpc) is 1.98. The van der Waals surface area contributed by atoms with Crippen molar-refractivity contribution in [1.82, 2.24) is 0 Å². The van der Waals surface area contributed by atoms with Crippen LogP contribution in [0.5, 0.6) is 0 Å². The molecule has 0 aliphatic carbocycles. The second kappa shape index (κ2) is 5.04. The van der Waals surface area contributed by atoms with Crippen molar-refractivity contribution in [2.75, 3.05) is 0 Å². The Labute approximate surface area is 77.5 Å². The van der Waals surface area contributed by atoms with Gasteiger partial charge in [0, 0.05) is 13.8 Å². The fourth-order valence-electron chi connectivity index (χ4n) is 0.493. The minimum absolute atomic E-state index is 0.0864. The van der Waals surface area contributed by atoms with Crippen LogP contribution in [0.1, 0.15) is 34.1 Å². The van der Waals surface area contributed by atoms with Crippen molar-refractivity contribution in [3.8, 4) is 0 Å². The summed E-state index contributed by atoms with van der Waals surface area (Å²) in [5, 5.41) is 8.31. The van der Waals surface area contributed by atoms with E-state index in [4.69, 9.17) is 14.9 Å². The molecule has 0 aliphatic rings. The molecule has 0 saturated carbocycles. The number of carboxylic acid groups (broad SMARTS) is 1. The number of hydrogen-bond acceptors (Lipinski definition) is 4. The van der Waals surface area contributed by atoms with Gasteiger partial charge in [-0.1, -0.05) is 6.92 Å². The van der Waals surface area contributed by atoms with E-state index in [1.54, 1.807) is 0 Å². The SMILES string of the molecule is CCC(C)OOC(C)(C)OC(=O)O. The highest BCUT2D eigenvalue weighted by Crippen LogP contribution is 2.13. The predicted molar refractivity (Wildman–Crippen MR) is 45.1 cm³/mol. The summed E-state index contributed by atoms with van der Waals surface area (Å²) in [7, 11) is 0. The molecule has 0 saturated heterocycles. The van der Waals surface area contributed by atoms with Crippen LogP contribution in [0.4, 0.5) is 4.79 Å². The van der Waals surface area contributed by atoms with Gasteiger partial charge in [0.1, 0.15) is 0 Å². The highest BCUT2D eigenvalue weighted by molar-refractivity contribution is 5.57. The lowest BCUT2D eigenvalue weighted by atomic mass is 10.3. The Morgan fingerprint density at radius 2 is 2.08 bits per heavy atom. The van der Waals surface area contributed by atoms with E-state index in [1.807, 2.05) is 13.8 Å². The molecule has 0 amide bonds. The average molecular weight is 192 g/mol. The summed E-state index contributed by atoms with van der Waals surface area (Å²) in [6.07, 6.45) is -0.696. The summed E-state index contributed by atoms with van der Waals surface area (Å²) < 4.78 is 4.40. The Morgan fingerprint density at radius 3 is 2.46 bits per heavy atom. The molecular formula is C8H16O5. The van der Waals surface area contributed by atoms with E-state index in [-0.39, 0.29) is 6.10 Å². The van der Waals surface area contributed by atoms with Crippen molar-refractivity contribution in [3.05, 3.63) is 0 Å². The van der Waals surface area contributed by atoms with Gasteiger partial charge in [0.25, 0.3) is 0 Å². The Morgan fingerprint density at radius 1 is 1.54 bits per heavy atom. The van der Waals surface area contributed by atoms with Crippen molar-refractivity contribution < 1.29 is 24.4 Å². The zero-order valence-corrected chi connectivity index (χ0v) is 8.36. The molecule has 0 aromatic rings. The highest BCUT2D eigenvalue weighted by atomic mass is 17.2. The van der Waals surface area contributed by atoms with Gasteiger partial charge in [0.2, 0.25) is 5.79 Å². The summed E-state index contributed by atoms with van der Waals surface area (Å²) in [6.45, 7) is 6.67. The molecule has 0 aromatic carbocycles. The molecule has 1 atom stereocenters. The Balaban J connectivity index is 3.81. The molecule has 0 fully saturated rings. The van der Waals surface area contributed by atoms with Gasteiger partial charge in [-0.2, -0.15) is 4.89 Å². The maximum Gasteiger partial charge on any atom is 0.508 e. The quantitative estimate of drug-likeness (QED) is 0.313. The van der Waals surface area contributed by atoms with Gasteiger partial charge in [-0.3, -0.25) is 0 Å². The molecule has 0 spiro atoms. The first-order valence-electron chi connectivity index (χ1n) is 4.14. The van der Waals surface area contributed by atoms with Crippen LogP contribution in [-0.2, 0) is 14.5 Å². The molecular weight excluding hydrogens is 176 g/mol. The number of rotatable bonds is 5. The number of hydrogen-bond donors (Lipinski definition) is 1. The molecule has 0 aliphatic heterocycles. The van der Waals surface area contributed by atoms with Crippen molar-refractivity contribution in [2.45, 2.75) is 46.0 Å². The van der Waals surface area contributed by atoms with Gasteiger partial charge < -0.3 is 9.84 Å². The van der Waals surface area contributed by atoms with Crippen LogP contribution >= 0.6 is 0 Å². The Kier molecular flexibility index (Phi) is 4.72. The lowest BCUT2D eigenvalue weighted by Gasteiger charge is -2.23. The van der Waals surface area contributed by atoms with Crippen LogP contribution < -0.4 is 0 Å². The number of ether oxygens (including phenoxy) is 1. The monoisotopic (exact) mass is 192 g/mol. The maximum absolute atomic E-state index is 10.2. The van der Waals surface area contributed by atoms with Gasteiger partial charge in [0.05, 0.1) is 6.10 Å². The molecule has 5 nitrogen and oxygen atoms in total. The van der Waals surface area contributed by atoms with Gasteiger partial charge in [-0.15, -0.1) is 0 Å². The van der Waals surface area contributed by atoms with Crippen LogP contribution in [0, 0.1) is 0 Å². The van der Waals surface area contributed by atoms with Crippen LogP contribution in [0.2, 0.25) is 0 Å². The molecule has 0 radical (unpaired) electrons. The molecule has 1 N–H and O–H groups in total. The minimum atomic E-state index is -1.39. The molecule has 1 unspecified atom stereocenters. The summed E-state index contributed by atoms with van der Waals surface area (Å²) >= 11 is 0. The molecule has 0 bridgehead atoms. The lowest BCUT2D eigenvalue weighted by Crippen LogP contribution is -2.32. The fraction of sp³-hybridized carbons (Fsp3) is 0.875. The third-order valence-corrected chi connectivity index (χ3v) is 1.32. The first kappa shape index (κ1) is 12.2. The van der Waals surface area contributed by atoms with Crippen molar-refractivity contribution in [1.29, 1.82) is 0 Å². The fourth-order valence-corrected chi connectivity index (χ4v) is 0.493. The zero-order chi connectivity index (χ0) is 10.5. The smallest absolute Gasteiger partial charge is 0.450 e. The molecule has 0 rings (SSSR count). The van der Waals surface area contributed by atoms with E-state index in [1.165, 1.54) is 13.8 Å². The predicted octanol–water partition coefficient (Wildman–Crippen LogP) is 2.16. The standard InChI is InChI=1S/C8H16O5/c1-5-6(2)12-13-8(3,4)11-7(9)10/h6H,5H2,1-4H3,(H,9,10). The summed E-state index contributed by atoms with van der Waals surface area (Å²) in [6, 6.07) is 0. The molecule has 0 heterocycles. The second-order valence-corrected chi connectivity index (χ2v) is 3.17. The van der Waals surface area contributed by atoms with Crippen LogP contribution in [0.25, 0.3) is 0 Å². The van der Waals surface area contributed by atoms with Crippen molar-refractivity contribution >= 4 is 6.16 Å². The van der Waals surface area contributed by atoms with Crippen molar-refractivity contribution in [3.63, 3.8) is 0 Å². The second-order valence-electron chi connectivity index (χ2n) is 3.17. The minimum Gasteiger partial charge on any atom is -0.450 e. The van der Waals surface area contributed by atoms with E-state index in [0.717, 1.165) is 6.42 Å². The first-order valence-corrected chi connectivity index (χ1v) is 4.14. The van der Waals surface area contributed by atoms with Gasteiger partial charge >= 0.3 is 6.16 Å². The van der Waals surface area contributed by atoms with E-state index in [0.29, 0.717) is 0 Å². The molecule has 13 heavy (non-hydrogen) atoms. The van der Waals surface area contributed by atoms with E-state index >= 15 is 0 Å². The summed E-state index contributed by atoms with van der Waals surface area (Å²) in [5.74, 6) is -1.27. The van der Waals surface area contributed by atoms with Crippen LogP contribution in [0.15, 0.2) is 0 Å². The molecule has 78 valence electrons. The largest absolute Gasteiger partial charge is 0.508 e. The zero-order valence-electron chi connectivity index (χ0n) is 8.36. The summed E-state index contributed by atoms with van der Waals surface area (Å²) in [5.41, 5.74) is 0. The highest BCUT2D eigenvalue weighted by Gasteiger charge is 2.25. The Bertz CT molecular complexity index is 166. The van der Waals surface area contributed by atoms with E-state index in [9.17, 15) is 4.79 Å².